The number of nitrogens with one attached hydrogen (secondary N) is 2. The molecule has 4 nitrogen and oxygen atoms in total. The number of carbonyl (C=O) groups excluding carboxylic acids is 1. The van der Waals surface area contributed by atoms with E-state index in [2.05, 4.69) is 10.6 Å². The Kier molecular flexibility index (Phi) is 5.93. The molecular formula is C14H28N2O2. The van der Waals surface area contributed by atoms with E-state index < -0.39 is 5.60 Å². The molecule has 1 fully saturated rings. The van der Waals surface area contributed by atoms with Crippen molar-refractivity contribution < 1.29 is 9.53 Å². The molecule has 106 valence electrons. The number of likely N-dealkylation sites (N-methyl/N-ethyl adjacent to an activating group) is 1. The molecule has 0 aromatic carbocycles. The largest absolute Gasteiger partial charge is 0.444 e. The van der Waals surface area contributed by atoms with E-state index in [1.165, 1.54) is 25.7 Å². The molecule has 18 heavy (non-hydrogen) atoms. The third kappa shape index (κ3) is 6.24. The molecular weight excluding hydrogens is 228 g/mol. The van der Waals surface area contributed by atoms with Gasteiger partial charge in [0.1, 0.15) is 5.60 Å². The highest BCUT2D eigenvalue weighted by atomic mass is 16.6. The van der Waals surface area contributed by atoms with Crippen LogP contribution in [0.5, 0.6) is 0 Å². The van der Waals surface area contributed by atoms with Crippen LogP contribution in [0.3, 0.4) is 0 Å². The molecule has 1 rings (SSSR count). The van der Waals surface area contributed by atoms with Gasteiger partial charge in [-0.2, -0.15) is 0 Å². The van der Waals surface area contributed by atoms with Gasteiger partial charge in [-0.15, -0.1) is 0 Å². The van der Waals surface area contributed by atoms with Crippen LogP contribution >= 0.6 is 0 Å². The lowest BCUT2D eigenvalue weighted by atomic mass is 9.98. The first-order chi connectivity index (χ1) is 8.40. The number of amides is 1. The predicted octanol–water partition coefficient (Wildman–Crippen LogP) is 2.68. The van der Waals surface area contributed by atoms with Crippen molar-refractivity contribution in [1.82, 2.24) is 10.6 Å². The summed E-state index contributed by atoms with van der Waals surface area (Å²) >= 11 is 0. The van der Waals surface area contributed by atoms with Crippen LogP contribution in [-0.2, 0) is 4.74 Å². The molecule has 1 saturated carbocycles. The molecule has 0 radical (unpaired) electrons. The fourth-order valence-electron chi connectivity index (χ4n) is 2.56. The second-order valence-corrected chi connectivity index (χ2v) is 6.29. The molecule has 1 atom stereocenters. The molecule has 1 unspecified atom stereocenters. The first kappa shape index (κ1) is 15.3. The van der Waals surface area contributed by atoms with Gasteiger partial charge in [-0.05, 0) is 40.2 Å². The molecule has 1 amide bonds. The van der Waals surface area contributed by atoms with Gasteiger partial charge in [-0.3, -0.25) is 0 Å². The Morgan fingerprint density at radius 2 is 1.94 bits per heavy atom. The second-order valence-electron chi connectivity index (χ2n) is 6.29. The van der Waals surface area contributed by atoms with E-state index in [9.17, 15) is 4.79 Å². The minimum atomic E-state index is -0.429. The topological polar surface area (TPSA) is 50.4 Å². The SMILES string of the molecule is CNCC(CC1CCCC1)NC(=O)OC(C)(C)C. The van der Waals surface area contributed by atoms with Crippen LogP contribution in [-0.4, -0.2) is 31.3 Å². The molecule has 2 N–H and O–H groups in total. The molecule has 0 aromatic rings. The number of carbonyl (C=O) groups is 1. The molecule has 1 aliphatic carbocycles. The van der Waals surface area contributed by atoms with Crippen molar-refractivity contribution >= 4 is 6.09 Å². The van der Waals surface area contributed by atoms with Crippen molar-refractivity contribution in [2.24, 2.45) is 5.92 Å². The molecule has 0 aromatic heterocycles. The van der Waals surface area contributed by atoms with Gasteiger partial charge in [0.05, 0.1) is 0 Å². The zero-order chi connectivity index (χ0) is 13.6. The number of hydrogen-bond acceptors (Lipinski definition) is 3. The summed E-state index contributed by atoms with van der Waals surface area (Å²) in [5.74, 6) is 0.762. The predicted molar refractivity (Wildman–Crippen MR) is 73.7 cm³/mol. The fourth-order valence-corrected chi connectivity index (χ4v) is 2.56. The summed E-state index contributed by atoms with van der Waals surface area (Å²) in [5, 5.41) is 6.12. The highest BCUT2D eigenvalue weighted by Crippen LogP contribution is 2.28. The van der Waals surface area contributed by atoms with E-state index in [0.717, 1.165) is 18.9 Å². The van der Waals surface area contributed by atoms with Crippen molar-refractivity contribution in [3.8, 4) is 0 Å². The lowest BCUT2D eigenvalue weighted by Crippen LogP contribution is -2.44. The Hall–Kier alpha value is -0.770. The monoisotopic (exact) mass is 256 g/mol. The highest BCUT2D eigenvalue weighted by molar-refractivity contribution is 5.68. The maximum atomic E-state index is 11.8. The minimum Gasteiger partial charge on any atom is -0.444 e. The third-order valence-corrected chi connectivity index (χ3v) is 3.26. The Bertz CT molecular complexity index is 255. The van der Waals surface area contributed by atoms with E-state index in [1.807, 2.05) is 27.8 Å². The summed E-state index contributed by atoms with van der Waals surface area (Å²) in [6.07, 6.45) is 6.03. The van der Waals surface area contributed by atoms with Gasteiger partial charge in [0.15, 0.2) is 0 Å². The molecule has 0 saturated heterocycles. The van der Waals surface area contributed by atoms with Crippen molar-refractivity contribution in [3.63, 3.8) is 0 Å². The standard InChI is InChI=1S/C14H28N2O2/c1-14(2,3)18-13(17)16-12(10-15-4)9-11-7-5-6-8-11/h11-12,15H,5-10H2,1-4H3,(H,16,17). The fraction of sp³-hybridized carbons (Fsp3) is 0.929. The van der Waals surface area contributed by atoms with Crippen molar-refractivity contribution in [3.05, 3.63) is 0 Å². The lowest BCUT2D eigenvalue weighted by Gasteiger charge is -2.25. The van der Waals surface area contributed by atoms with E-state index in [0.29, 0.717) is 0 Å². The summed E-state index contributed by atoms with van der Waals surface area (Å²) < 4.78 is 5.30. The Morgan fingerprint density at radius 1 is 1.33 bits per heavy atom. The van der Waals surface area contributed by atoms with Crippen LogP contribution in [0.1, 0.15) is 52.9 Å². The maximum Gasteiger partial charge on any atom is 0.407 e. The van der Waals surface area contributed by atoms with Crippen molar-refractivity contribution in [1.29, 1.82) is 0 Å². The van der Waals surface area contributed by atoms with Gasteiger partial charge in [0.2, 0.25) is 0 Å². The number of alkyl carbamates (subject to hydrolysis) is 1. The van der Waals surface area contributed by atoms with Gasteiger partial charge in [-0.25, -0.2) is 4.79 Å². The zero-order valence-electron chi connectivity index (χ0n) is 12.2. The zero-order valence-corrected chi connectivity index (χ0v) is 12.2. The number of hydrogen-bond donors (Lipinski definition) is 2. The summed E-state index contributed by atoms with van der Waals surface area (Å²) in [7, 11) is 1.92. The van der Waals surface area contributed by atoms with E-state index in [4.69, 9.17) is 4.74 Å². The Morgan fingerprint density at radius 3 is 2.44 bits per heavy atom. The van der Waals surface area contributed by atoms with Crippen LogP contribution in [0.15, 0.2) is 0 Å². The number of ether oxygens (including phenoxy) is 1. The van der Waals surface area contributed by atoms with Crippen LogP contribution in [0.2, 0.25) is 0 Å². The maximum absolute atomic E-state index is 11.8. The van der Waals surface area contributed by atoms with Gasteiger partial charge in [-0.1, -0.05) is 25.7 Å². The summed E-state index contributed by atoms with van der Waals surface area (Å²) in [6.45, 7) is 6.46. The normalized spacial score (nSPS) is 18.7. The molecule has 0 aliphatic heterocycles. The number of rotatable bonds is 5. The summed E-state index contributed by atoms with van der Waals surface area (Å²) in [4.78, 5) is 11.8. The molecule has 0 bridgehead atoms. The van der Waals surface area contributed by atoms with Gasteiger partial charge < -0.3 is 15.4 Å². The van der Waals surface area contributed by atoms with Gasteiger partial charge in [0, 0.05) is 12.6 Å². The smallest absolute Gasteiger partial charge is 0.407 e. The van der Waals surface area contributed by atoms with Crippen molar-refractivity contribution in [2.45, 2.75) is 64.5 Å². The van der Waals surface area contributed by atoms with Crippen LogP contribution in [0.4, 0.5) is 4.79 Å². The van der Waals surface area contributed by atoms with Crippen LogP contribution in [0.25, 0.3) is 0 Å². The van der Waals surface area contributed by atoms with E-state index >= 15 is 0 Å². The Balaban J connectivity index is 2.38. The lowest BCUT2D eigenvalue weighted by molar-refractivity contribution is 0.0497. The first-order valence-corrected chi connectivity index (χ1v) is 7.05. The average Bonchev–Trinajstić information content (AvgIpc) is 2.67. The molecule has 0 spiro atoms. The first-order valence-electron chi connectivity index (χ1n) is 7.05. The summed E-state index contributed by atoms with van der Waals surface area (Å²) in [6, 6.07) is 0.174. The van der Waals surface area contributed by atoms with E-state index in [-0.39, 0.29) is 12.1 Å². The minimum absolute atomic E-state index is 0.174. The molecule has 0 heterocycles. The molecule has 1 aliphatic rings. The summed E-state index contributed by atoms with van der Waals surface area (Å²) in [5.41, 5.74) is -0.429. The highest BCUT2D eigenvalue weighted by Gasteiger charge is 2.23. The quantitative estimate of drug-likeness (QED) is 0.795. The third-order valence-electron chi connectivity index (χ3n) is 3.26. The van der Waals surface area contributed by atoms with Gasteiger partial charge in [0.25, 0.3) is 0 Å². The molecule has 4 heteroatoms. The van der Waals surface area contributed by atoms with Crippen molar-refractivity contribution in [2.75, 3.05) is 13.6 Å². The van der Waals surface area contributed by atoms with Crippen LogP contribution in [0, 0.1) is 5.92 Å². The van der Waals surface area contributed by atoms with E-state index in [1.54, 1.807) is 0 Å². The second kappa shape index (κ2) is 6.98. The average molecular weight is 256 g/mol. The van der Waals surface area contributed by atoms with Gasteiger partial charge >= 0.3 is 6.09 Å². The van der Waals surface area contributed by atoms with Crippen LogP contribution < -0.4 is 10.6 Å². The Labute approximate surface area is 111 Å².